The molecule has 0 unspecified atom stereocenters. The molecule has 1 aliphatic rings. The zero-order valence-electron chi connectivity index (χ0n) is 12.6. The highest BCUT2D eigenvalue weighted by Gasteiger charge is 2.32. The summed E-state index contributed by atoms with van der Waals surface area (Å²) in [6.45, 7) is -0.248. The summed E-state index contributed by atoms with van der Waals surface area (Å²) in [5, 5.41) is 13.0. The molecule has 11 heteroatoms. The zero-order valence-corrected chi connectivity index (χ0v) is 13.4. The van der Waals surface area contributed by atoms with E-state index in [0.29, 0.717) is 31.3 Å². The van der Waals surface area contributed by atoms with E-state index in [-0.39, 0.29) is 17.3 Å². The number of hydrogen-bond acceptors (Lipinski definition) is 4. The molecular formula is C14H12ClF3N4O3. The Morgan fingerprint density at radius 3 is 2.76 bits per heavy atom. The van der Waals surface area contributed by atoms with Crippen molar-refractivity contribution in [3.05, 3.63) is 44.9 Å². The maximum Gasteiger partial charge on any atom is 0.417 e. The standard InChI is InChI=1S/C14H12ClF3N4O3/c15-8-4-7(14(16,17)18)5-19-9(8)6-21-13(25)22-10(12(23)24)2-1-3-11(22)20-21/h4-5,10H,1-3,6H2,(H,23,24)/t10-/m0/s1. The van der Waals surface area contributed by atoms with Crippen molar-refractivity contribution in [2.45, 2.75) is 38.0 Å². The minimum Gasteiger partial charge on any atom is -0.480 e. The minimum absolute atomic E-state index is 0.0408. The van der Waals surface area contributed by atoms with Crippen molar-refractivity contribution in [3.8, 4) is 0 Å². The molecule has 0 bridgehead atoms. The van der Waals surface area contributed by atoms with Crippen molar-refractivity contribution in [2.75, 3.05) is 0 Å². The Hall–Kier alpha value is -2.36. The fraction of sp³-hybridized carbons (Fsp3) is 0.429. The van der Waals surface area contributed by atoms with Gasteiger partial charge in [-0.05, 0) is 18.9 Å². The van der Waals surface area contributed by atoms with Gasteiger partial charge in [-0.25, -0.2) is 14.3 Å². The first-order valence-electron chi connectivity index (χ1n) is 7.31. The van der Waals surface area contributed by atoms with Gasteiger partial charge in [-0.2, -0.15) is 18.3 Å². The van der Waals surface area contributed by atoms with Crippen LogP contribution in [-0.2, 0) is 23.9 Å². The summed E-state index contributed by atoms with van der Waals surface area (Å²) in [6, 6.07) is -0.272. The van der Waals surface area contributed by atoms with E-state index in [0.717, 1.165) is 15.3 Å². The fourth-order valence-corrected chi connectivity index (χ4v) is 2.97. The highest BCUT2D eigenvalue weighted by molar-refractivity contribution is 6.31. The lowest BCUT2D eigenvalue weighted by molar-refractivity contribution is -0.141. The molecule has 0 amide bonds. The Morgan fingerprint density at radius 2 is 2.16 bits per heavy atom. The monoisotopic (exact) mass is 376 g/mol. The maximum absolute atomic E-state index is 12.6. The van der Waals surface area contributed by atoms with E-state index >= 15 is 0 Å². The number of nitrogens with zero attached hydrogens (tertiary/aromatic N) is 4. The molecule has 1 N–H and O–H groups in total. The third kappa shape index (κ3) is 3.26. The number of aliphatic carboxylic acids is 1. The van der Waals surface area contributed by atoms with Crippen molar-refractivity contribution in [2.24, 2.45) is 0 Å². The first-order valence-corrected chi connectivity index (χ1v) is 7.69. The Labute approximate surface area is 143 Å². The quantitative estimate of drug-likeness (QED) is 0.886. The van der Waals surface area contributed by atoms with Crippen LogP contribution < -0.4 is 5.69 Å². The molecule has 3 heterocycles. The first kappa shape index (κ1) is 17.5. The predicted molar refractivity (Wildman–Crippen MR) is 79.4 cm³/mol. The van der Waals surface area contributed by atoms with E-state index in [1.165, 1.54) is 0 Å². The maximum atomic E-state index is 12.6. The van der Waals surface area contributed by atoms with Crippen LogP contribution in [0.3, 0.4) is 0 Å². The molecule has 0 radical (unpaired) electrons. The summed E-state index contributed by atoms with van der Waals surface area (Å²) >= 11 is 5.84. The highest BCUT2D eigenvalue weighted by atomic mass is 35.5. The summed E-state index contributed by atoms with van der Waals surface area (Å²) in [6.07, 6.45) is -2.61. The lowest BCUT2D eigenvalue weighted by Gasteiger charge is -2.19. The lowest BCUT2D eigenvalue weighted by atomic mass is 10.1. The van der Waals surface area contributed by atoms with Crippen molar-refractivity contribution in [1.82, 2.24) is 19.3 Å². The number of aryl methyl sites for hydroxylation is 1. The van der Waals surface area contributed by atoms with Crippen LogP contribution in [0.4, 0.5) is 13.2 Å². The topological polar surface area (TPSA) is 90.0 Å². The molecule has 0 spiro atoms. The molecular weight excluding hydrogens is 365 g/mol. The largest absolute Gasteiger partial charge is 0.480 e. The van der Waals surface area contributed by atoms with Crippen LogP contribution in [0, 0.1) is 0 Å². The van der Waals surface area contributed by atoms with Crippen molar-refractivity contribution >= 4 is 17.6 Å². The summed E-state index contributed by atoms with van der Waals surface area (Å²) in [7, 11) is 0. The number of hydrogen-bond donors (Lipinski definition) is 1. The predicted octanol–water partition coefficient (Wildman–Crippen LogP) is 2.12. The van der Waals surface area contributed by atoms with E-state index in [1.54, 1.807) is 0 Å². The van der Waals surface area contributed by atoms with Gasteiger partial charge in [0.15, 0.2) is 0 Å². The van der Waals surface area contributed by atoms with E-state index in [4.69, 9.17) is 11.6 Å². The fourth-order valence-electron chi connectivity index (χ4n) is 2.75. The van der Waals surface area contributed by atoms with Crippen LogP contribution in [-0.4, -0.2) is 30.4 Å². The number of fused-ring (bicyclic) bond motifs is 1. The minimum atomic E-state index is -4.58. The second-order valence-electron chi connectivity index (χ2n) is 5.62. The van der Waals surface area contributed by atoms with E-state index in [2.05, 4.69) is 10.1 Å². The SMILES string of the molecule is O=C(O)[C@@H]1CCCc2nn(Cc3ncc(C(F)(F)F)cc3Cl)c(=O)n21. The average molecular weight is 377 g/mol. The average Bonchev–Trinajstić information content (AvgIpc) is 2.84. The number of carbonyl (C=O) groups is 1. The molecule has 0 aromatic carbocycles. The molecule has 0 aliphatic carbocycles. The summed E-state index contributed by atoms with van der Waals surface area (Å²) in [5.74, 6) is -0.806. The molecule has 0 saturated heterocycles. The van der Waals surface area contributed by atoms with Crippen molar-refractivity contribution in [1.29, 1.82) is 0 Å². The van der Waals surface area contributed by atoms with Gasteiger partial charge in [-0.15, -0.1) is 0 Å². The number of aromatic nitrogens is 4. The van der Waals surface area contributed by atoms with Gasteiger partial charge in [0.1, 0.15) is 11.9 Å². The summed E-state index contributed by atoms with van der Waals surface area (Å²) in [5.41, 5.74) is -1.61. The number of carboxylic acids is 1. The molecule has 7 nitrogen and oxygen atoms in total. The summed E-state index contributed by atoms with van der Waals surface area (Å²) in [4.78, 5) is 27.4. The van der Waals surface area contributed by atoms with Crippen LogP contribution >= 0.6 is 11.6 Å². The molecule has 3 rings (SSSR count). The Kier molecular flexibility index (Phi) is 4.31. The van der Waals surface area contributed by atoms with E-state index in [9.17, 15) is 27.9 Å². The highest BCUT2D eigenvalue weighted by Crippen LogP contribution is 2.31. The third-order valence-electron chi connectivity index (χ3n) is 3.96. The van der Waals surface area contributed by atoms with E-state index in [1.807, 2.05) is 0 Å². The summed E-state index contributed by atoms with van der Waals surface area (Å²) < 4.78 is 40.0. The normalized spacial score (nSPS) is 17.4. The number of rotatable bonds is 3. The number of halogens is 4. The van der Waals surface area contributed by atoms with Gasteiger partial charge < -0.3 is 5.11 Å². The van der Waals surface area contributed by atoms with Gasteiger partial charge in [0, 0.05) is 12.6 Å². The number of carboxylic acid groups (broad SMARTS) is 1. The Balaban J connectivity index is 1.95. The molecule has 1 atom stereocenters. The van der Waals surface area contributed by atoms with Crippen LogP contribution in [0.15, 0.2) is 17.1 Å². The van der Waals surface area contributed by atoms with Crippen LogP contribution in [0.1, 0.15) is 36.0 Å². The van der Waals surface area contributed by atoms with Crippen molar-refractivity contribution in [3.63, 3.8) is 0 Å². The van der Waals surface area contributed by atoms with Crippen LogP contribution in [0.5, 0.6) is 0 Å². The molecule has 2 aromatic rings. The van der Waals surface area contributed by atoms with Crippen molar-refractivity contribution < 1.29 is 23.1 Å². The van der Waals surface area contributed by atoms with Gasteiger partial charge in [0.05, 0.1) is 22.8 Å². The smallest absolute Gasteiger partial charge is 0.417 e. The second kappa shape index (κ2) is 6.17. The molecule has 1 aliphatic heterocycles. The molecule has 25 heavy (non-hydrogen) atoms. The van der Waals surface area contributed by atoms with Gasteiger partial charge in [0.25, 0.3) is 0 Å². The Morgan fingerprint density at radius 1 is 1.44 bits per heavy atom. The van der Waals surface area contributed by atoms with E-state index < -0.39 is 29.4 Å². The Bertz CT molecular complexity index is 890. The van der Waals surface area contributed by atoms with Crippen LogP contribution in [0.25, 0.3) is 0 Å². The zero-order chi connectivity index (χ0) is 18.4. The second-order valence-corrected chi connectivity index (χ2v) is 6.03. The van der Waals surface area contributed by atoms with Gasteiger partial charge >= 0.3 is 17.8 Å². The molecule has 0 fully saturated rings. The first-order chi connectivity index (χ1) is 11.7. The number of alkyl halides is 3. The molecule has 0 saturated carbocycles. The molecule has 134 valence electrons. The van der Waals surface area contributed by atoms with Gasteiger partial charge in [0.2, 0.25) is 0 Å². The van der Waals surface area contributed by atoms with Gasteiger partial charge in [-0.3, -0.25) is 9.55 Å². The third-order valence-corrected chi connectivity index (χ3v) is 4.29. The van der Waals surface area contributed by atoms with Crippen LogP contribution in [0.2, 0.25) is 5.02 Å². The number of pyridine rings is 1. The van der Waals surface area contributed by atoms with Gasteiger partial charge in [-0.1, -0.05) is 11.6 Å². The lowest BCUT2D eigenvalue weighted by Crippen LogP contribution is -2.34. The molecule has 2 aromatic heterocycles.